The minimum absolute atomic E-state index is 0.213. The van der Waals surface area contributed by atoms with Gasteiger partial charge in [-0.25, -0.2) is 0 Å². The molecule has 0 bridgehead atoms. The van der Waals surface area contributed by atoms with E-state index in [0.29, 0.717) is 11.7 Å². The van der Waals surface area contributed by atoms with Gasteiger partial charge >= 0.3 is 0 Å². The van der Waals surface area contributed by atoms with Crippen LogP contribution in [0.15, 0.2) is 16.7 Å². The Labute approximate surface area is 160 Å². The molecule has 1 aromatic heterocycles. The van der Waals surface area contributed by atoms with Crippen molar-refractivity contribution in [3.63, 3.8) is 0 Å². The molecule has 1 saturated heterocycles. The van der Waals surface area contributed by atoms with Gasteiger partial charge in [-0.2, -0.15) is 0 Å². The van der Waals surface area contributed by atoms with Crippen molar-refractivity contribution >= 4 is 14.8 Å². The van der Waals surface area contributed by atoms with Crippen LogP contribution in [-0.4, -0.2) is 34.3 Å². The molecule has 0 amide bonds. The van der Waals surface area contributed by atoms with E-state index in [-0.39, 0.29) is 11.5 Å². The first-order chi connectivity index (χ1) is 12.3. The summed E-state index contributed by atoms with van der Waals surface area (Å²) in [4.78, 5) is 15.3. The Hall–Kier alpha value is -1.12. The predicted octanol–water partition coefficient (Wildman–Crippen LogP) is 3.47. The summed E-state index contributed by atoms with van der Waals surface area (Å²) in [6.07, 6.45) is 7.53. The molecule has 2 N–H and O–H groups in total. The minimum atomic E-state index is 0.213. The highest BCUT2D eigenvalue weighted by Gasteiger charge is 2.30. The predicted molar refractivity (Wildman–Crippen MR) is 114 cm³/mol. The Bertz CT molecular complexity index is 761. The summed E-state index contributed by atoms with van der Waals surface area (Å²) in [5.74, 6) is 0. The maximum absolute atomic E-state index is 12.9. The molecular weight excluding hydrogens is 341 g/mol. The van der Waals surface area contributed by atoms with Crippen LogP contribution in [0.3, 0.4) is 0 Å². The number of nitrogens with two attached hydrogens (primary N) is 1. The van der Waals surface area contributed by atoms with E-state index in [1.165, 1.54) is 24.1 Å². The van der Waals surface area contributed by atoms with E-state index < -0.39 is 0 Å². The smallest absolute Gasteiger partial charge is 0.188 e. The maximum Gasteiger partial charge on any atom is 0.188 e. The third-order valence-corrected chi connectivity index (χ3v) is 6.09. The van der Waals surface area contributed by atoms with Crippen molar-refractivity contribution in [3.05, 3.63) is 38.9 Å². The summed E-state index contributed by atoms with van der Waals surface area (Å²) in [5, 5.41) is 0. The number of rotatable bonds is 5. The van der Waals surface area contributed by atoms with E-state index in [2.05, 4.69) is 45.7 Å². The van der Waals surface area contributed by atoms with Gasteiger partial charge in [-0.05, 0) is 51.5 Å². The molecule has 2 aliphatic rings. The zero-order valence-electron chi connectivity index (χ0n) is 16.7. The van der Waals surface area contributed by atoms with Crippen LogP contribution in [0.4, 0.5) is 0 Å². The molecular formula is C21H34N3OP. The lowest BCUT2D eigenvalue weighted by Crippen LogP contribution is -2.43. The Morgan fingerprint density at radius 3 is 2.62 bits per heavy atom. The molecule has 0 radical (unpaired) electrons. The van der Waals surface area contributed by atoms with Crippen LogP contribution in [0, 0.1) is 6.92 Å². The topological polar surface area (TPSA) is 51.3 Å². The van der Waals surface area contributed by atoms with E-state index in [1.807, 2.05) is 6.92 Å². The molecule has 26 heavy (non-hydrogen) atoms. The average molecular weight is 375 g/mol. The van der Waals surface area contributed by atoms with Crippen molar-refractivity contribution in [2.75, 3.05) is 13.1 Å². The molecule has 144 valence electrons. The van der Waals surface area contributed by atoms with Gasteiger partial charge in [0, 0.05) is 53.9 Å². The van der Waals surface area contributed by atoms with Crippen LogP contribution < -0.4 is 11.2 Å². The van der Waals surface area contributed by atoms with E-state index >= 15 is 0 Å². The van der Waals surface area contributed by atoms with Crippen LogP contribution in [0.2, 0.25) is 0 Å². The Morgan fingerprint density at radius 1 is 1.38 bits per heavy atom. The fourth-order valence-corrected chi connectivity index (χ4v) is 4.90. The minimum Gasteiger partial charge on any atom is -0.372 e. The lowest BCUT2D eigenvalue weighted by atomic mass is 9.97. The fourth-order valence-electron chi connectivity index (χ4n) is 4.44. The highest BCUT2D eigenvalue weighted by Crippen LogP contribution is 2.39. The first-order valence-corrected chi connectivity index (χ1v) is 10.7. The highest BCUT2D eigenvalue weighted by atomic mass is 31.0. The molecule has 4 nitrogen and oxygen atoms in total. The van der Waals surface area contributed by atoms with Crippen molar-refractivity contribution in [1.82, 2.24) is 9.47 Å². The first kappa shape index (κ1) is 19.6. The van der Waals surface area contributed by atoms with Crippen LogP contribution >= 0.6 is 9.24 Å². The first-order valence-electron chi connectivity index (χ1n) is 10.1. The standard InChI is InChI=1S/C21H34N3OP/c1-5-18-20(24(17-8-9-17)11-13(2)21(18)25)14(3)19(15(4)26)23-10-6-7-16(22)12-23/h11,15-17H,5-10,12,22,26H2,1-4H3/b19-14+. The zero-order valence-corrected chi connectivity index (χ0v) is 17.9. The van der Waals surface area contributed by atoms with Crippen molar-refractivity contribution in [2.45, 2.75) is 77.5 Å². The van der Waals surface area contributed by atoms with Gasteiger partial charge < -0.3 is 15.2 Å². The lowest BCUT2D eigenvalue weighted by Gasteiger charge is -2.38. The number of hydrogen-bond acceptors (Lipinski definition) is 3. The Balaban J connectivity index is 2.20. The summed E-state index contributed by atoms with van der Waals surface area (Å²) in [6.45, 7) is 10.4. The number of aromatic nitrogens is 1. The molecule has 1 aromatic rings. The van der Waals surface area contributed by atoms with Gasteiger partial charge in [0.15, 0.2) is 5.43 Å². The second-order valence-corrected chi connectivity index (χ2v) is 9.11. The van der Waals surface area contributed by atoms with Gasteiger partial charge in [-0.1, -0.05) is 13.8 Å². The normalized spacial score (nSPS) is 23.0. The highest BCUT2D eigenvalue weighted by molar-refractivity contribution is 7.18. The van der Waals surface area contributed by atoms with E-state index in [0.717, 1.165) is 49.2 Å². The second-order valence-electron chi connectivity index (χ2n) is 8.11. The van der Waals surface area contributed by atoms with Crippen LogP contribution in [-0.2, 0) is 6.42 Å². The number of aryl methyl sites for hydroxylation is 1. The molecule has 3 unspecified atom stereocenters. The number of allylic oxidation sites excluding steroid dienone is 2. The van der Waals surface area contributed by atoms with E-state index in [9.17, 15) is 4.79 Å². The number of piperidine rings is 1. The van der Waals surface area contributed by atoms with Crippen molar-refractivity contribution in [3.8, 4) is 0 Å². The van der Waals surface area contributed by atoms with Gasteiger partial charge in [0.1, 0.15) is 0 Å². The third kappa shape index (κ3) is 3.77. The van der Waals surface area contributed by atoms with Gasteiger partial charge in [0.05, 0.1) is 5.69 Å². The second kappa shape index (κ2) is 7.86. The number of hydrogen-bond donors (Lipinski definition) is 1. The summed E-state index contributed by atoms with van der Waals surface area (Å²) in [5.41, 5.74) is 12.4. The molecule has 0 spiro atoms. The van der Waals surface area contributed by atoms with Crippen LogP contribution in [0.25, 0.3) is 5.57 Å². The van der Waals surface area contributed by atoms with Crippen LogP contribution in [0.5, 0.6) is 0 Å². The molecule has 0 aromatic carbocycles. The molecule has 1 saturated carbocycles. The van der Waals surface area contributed by atoms with E-state index in [1.54, 1.807) is 0 Å². The van der Waals surface area contributed by atoms with Crippen molar-refractivity contribution < 1.29 is 0 Å². The molecule has 3 atom stereocenters. The third-order valence-electron chi connectivity index (χ3n) is 5.77. The fraction of sp³-hybridized carbons (Fsp3) is 0.667. The van der Waals surface area contributed by atoms with Crippen molar-refractivity contribution in [2.24, 2.45) is 5.73 Å². The summed E-state index contributed by atoms with van der Waals surface area (Å²) in [6, 6.07) is 0.791. The monoisotopic (exact) mass is 375 g/mol. The average Bonchev–Trinajstić information content (AvgIpc) is 3.41. The molecule has 1 aliphatic heterocycles. The van der Waals surface area contributed by atoms with Crippen LogP contribution in [0.1, 0.15) is 69.3 Å². The molecule has 2 heterocycles. The number of likely N-dealkylation sites (tertiary alicyclic amines) is 1. The quantitative estimate of drug-likeness (QED) is 0.802. The SMILES string of the molecule is CCc1c(/C(C)=C(\C(C)P)N2CCCC(N)C2)n(C2CC2)cc(C)c1=O. The van der Waals surface area contributed by atoms with Gasteiger partial charge in [0.25, 0.3) is 0 Å². The summed E-state index contributed by atoms with van der Waals surface area (Å²) >= 11 is 0. The number of pyridine rings is 1. The Kier molecular flexibility index (Phi) is 5.94. The molecule has 1 aliphatic carbocycles. The lowest BCUT2D eigenvalue weighted by molar-refractivity contribution is 0.256. The zero-order chi connectivity index (χ0) is 19.0. The van der Waals surface area contributed by atoms with Crippen molar-refractivity contribution in [1.29, 1.82) is 0 Å². The molecule has 5 heteroatoms. The van der Waals surface area contributed by atoms with Gasteiger partial charge in [-0.15, -0.1) is 9.24 Å². The Morgan fingerprint density at radius 2 is 2.08 bits per heavy atom. The maximum atomic E-state index is 12.9. The molecule has 2 fully saturated rings. The largest absolute Gasteiger partial charge is 0.372 e. The van der Waals surface area contributed by atoms with Gasteiger partial charge in [0.2, 0.25) is 0 Å². The summed E-state index contributed by atoms with van der Waals surface area (Å²) in [7, 11) is 2.96. The number of nitrogens with zero attached hydrogens (tertiary/aromatic N) is 2. The summed E-state index contributed by atoms with van der Waals surface area (Å²) < 4.78 is 2.39. The van der Waals surface area contributed by atoms with Gasteiger partial charge in [-0.3, -0.25) is 4.79 Å². The molecule has 3 rings (SSSR count). The van der Waals surface area contributed by atoms with E-state index in [4.69, 9.17) is 5.73 Å².